The molecule has 0 bridgehead atoms. The first kappa shape index (κ1) is 13.9. The van der Waals surface area contributed by atoms with Crippen LogP contribution in [-0.4, -0.2) is 41.8 Å². The number of fused-ring (bicyclic) bond motifs is 1. The maximum absolute atomic E-state index is 12.4. The molecule has 1 fully saturated rings. The summed E-state index contributed by atoms with van der Waals surface area (Å²) in [6.07, 6.45) is 4.17. The van der Waals surface area contributed by atoms with Gasteiger partial charge in [0.25, 0.3) is 0 Å². The molecule has 3 rings (SSSR count). The van der Waals surface area contributed by atoms with E-state index in [1.807, 2.05) is 5.01 Å². The Morgan fingerprint density at radius 1 is 1.10 bits per heavy atom. The number of urea groups is 1. The Bertz CT molecular complexity index is 567. The standard InChI is InChI=1S/C15H19N3O3/c19-14(20)12-5-4-11-6-9-18(13(11)10-12)15(21)16-17-7-2-1-3-8-17/h4-5,10H,1-3,6-9H2,(H,16,21)(H,19,20). The maximum Gasteiger partial charge on any atom is 0.336 e. The maximum atomic E-state index is 12.4. The molecule has 2 aliphatic heterocycles. The molecule has 0 spiro atoms. The minimum atomic E-state index is -0.971. The van der Waals surface area contributed by atoms with E-state index in [0.717, 1.165) is 37.9 Å². The Kier molecular flexibility index (Phi) is 3.79. The first-order valence-corrected chi connectivity index (χ1v) is 7.34. The van der Waals surface area contributed by atoms with Crippen molar-refractivity contribution >= 4 is 17.7 Å². The number of hydrogen-bond donors (Lipinski definition) is 2. The van der Waals surface area contributed by atoms with E-state index in [9.17, 15) is 9.59 Å². The number of hydrazine groups is 1. The Morgan fingerprint density at radius 2 is 1.86 bits per heavy atom. The Balaban J connectivity index is 1.74. The number of aromatic carboxylic acids is 1. The number of anilines is 1. The zero-order valence-corrected chi connectivity index (χ0v) is 11.8. The summed E-state index contributed by atoms with van der Waals surface area (Å²) < 4.78 is 0. The monoisotopic (exact) mass is 289 g/mol. The lowest BCUT2D eigenvalue weighted by molar-refractivity contribution is 0.0697. The fourth-order valence-corrected chi connectivity index (χ4v) is 2.92. The van der Waals surface area contributed by atoms with Gasteiger partial charge >= 0.3 is 12.0 Å². The van der Waals surface area contributed by atoms with Gasteiger partial charge in [0.05, 0.1) is 5.56 Å². The number of benzene rings is 1. The van der Waals surface area contributed by atoms with Crippen LogP contribution in [0.15, 0.2) is 18.2 Å². The van der Waals surface area contributed by atoms with Gasteiger partial charge in [-0.25, -0.2) is 14.6 Å². The Labute approximate surface area is 123 Å². The zero-order chi connectivity index (χ0) is 14.8. The SMILES string of the molecule is O=C(O)c1ccc2c(c1)N(C(=O)NN1CCCCC1)CC2. The van der Waals surface area contributed by atoms with Crippen LogP contribution < -0.4 is 10.3 Å². The van der Waals surface area contributed by atoms with Crippen LogP contribution in [0.2, 0.25) is 0 Å². The second-order valence-electron chi connectivity index (χ2n) is 5.51. The number of amides is 2. The molecule has 2 amide bonds. The third-order valence-electron chi connectivity index (χ3n) is 4.08. The van der Waals surface area contributed by atoms with Crippen LogP contribution in [-0.2, 0) is 6.42 Å². The van der Waals surface area contributed by atoms with Gasteiger partial charge in [0.1, 0.15) is 0 Å². The molecule has 0 aromatic heterocycles. The third-order valence-corrected chi connectivity index (χ3v) is 4.08. The highest BCUT2D eigenvalue weighted by Gasteiger charge is 2.27. The molecule has 0 unspecified atom stereocenters. The van der Waals surface area contributed by atoms with Gasteiger partial charge in [-0.1, -0.05) is 12.5 Å². The van der Waals surface area contributed by atoms with Gasteiger partial charge in [-0.3, -0.25) is 10.3 Å². The van der Waals surface area contributed by atoms with Gasteiger partial charge in [0.15, 0.2) is 0 Å². The van der Waals surface area contributed by atoms with Gasteiger partial charge in [0, 0.05) is 25.3 Å². The average molecular weight is 289 g/mol. The van der Waals surface area contributed by atoms with Crippen molar-refractivity contribution < 1.29 is 14.7 Å². The number of nitrogens with zero attached hydrogens (tertiary/aromatic N) is 2. The summed E-state index contributed by atoms with van der Waals surface area (Å²) in [4.78, 5) is 25.1. The minimum absolute atomic E-state index is 0.168. The number of nitrogens with one attached hydrogen (secondary N) is 1. The fraction of sp³-hybridized carbons (Fsp3) is 0.467. The van der Waals surface area contributed by atoms with Crippen LogP contribution in [0.5, 0.6) is 0 Å². The second-order valence-corrected chi connectivity index (χ2v) is 5.51. The smallest absolute Gasteiger partial charge is 0.336 e. The van der Waals surface area contributed by atoms with Gasteiger partial charge < -0.3 is 5.11 Å². The van der Waals surface area contributed by atoms with Crippen LogP contribution >= 0.6 is 0 Å². The van der Waals surface area contributed by atoms with Crippen molar-refractivity contribution in [3.63, 3.8) is 0 Å². The second kappa shape index (κ2) is 5.73. The highest BCUT2D eigenvalue weighted by atomic mass is 16.4. The van der Waals surface area contributed by atoms with Crippen LogP contribution in [0, 0.1) is 0 Å². The quantitative estimate of drug-likeness (QED) is 0.871. The molecule has 2 heterocycles. The molecule has 1 saturated heterocycles. The van der Waals surface area contributed by atoms with E-state index in [2.05, 4.69) is 5.43 Å². The predicted octanol–water partition coefficient (Wildman–Crippen LogP) is 1.86. The number of carbonyl (C=O) groups excluding carboxylic acids is 1. The van der Waals surface area contributed by atoms with E-state index in [0.29, 0.717) is 12.2 Å². The van der Waals surface area contributed by atoms with Crippen LogP contribution in [0.1, 0.15) is 35.2 Å². The van der Waals surface area contributed by atoms with E-state index in [4.69, 9.17) is 5.11 Å². The molecule has 1 aromatic rings. The minimum Gasteiger partial charge on any atom is -0.478 e. The number of carboxylic acid groups (broad SMARTS) is 1. The largest absolute Gasteiger partial charge is 0.478 e. The van der Waals surface area contributed by atoms with Crippen molar-refractivity contribution in [1.29, 1.82) is 0 Å². The number of carbonyl (C=O) groups is 2. The lowest BCUT2D eigenvalue weighted by Gasteiger charge is -2.29. The van der Waals surface area contributed by atoms with Crippen LogP contribution in [0.3, 0.4) is 0 Å². The molecule has 6 nitrogen and oxygen atoms in total. The van der Waals surface area contributed by atoms with Crippen molar-refractivity contribution in [2.45, 2.75) is 25.7 Å². The summed E-state index contributed by atoms with van der Waals surface area (Å²) in [5.41, 5.74) is 4.87. The first-order valence-electron chi connectivity index (χ1n) is 7.34. The molecule has 6 heteroatoms. The molecule has 2 N–H and O–H groups in total. The summed E-state index contributed by atoms with van der Waals surface area (Å²) >= 11 is 0. The molecular weight excluding hydrogens is 270 g/mol. The van der Waals surface area contributed by atoms with Crippen molar-refractivity contribution in [1.82, 2.24) is 10.4 Å². The van der Waals surface area contributed by atoms with E-state index >= 15 is 0 Å². The molecule has 0 radical (unpaired) electrons. The Hall–Kier alpha value is -2.08. The lowest BCUT2D eigenvalue weighted by atomic mass is 10.1. The molecule has 21 heavy (non-hydrogen) atoms. The van der Waals surface area contributed by atoms with Crippen molar-refractivity contribution in [2.24, 2.45) is 0 Å². The topological polar surface area (TPSA) is 72.9 Å². The summed E-state index contributed by atoms with van der Waals surface area (Å²) in [7, 11) is 0. The Morgan fingerprint density at radius 3 is 2.57 bits per heavy atom. The average Bonchev–Trinajstić information content (AvgIpc) is 2.91. The summed E-state index contributed by atoms with van der Waals surface area (Å²) in [6.45, 7) is 2.35. The summed E-state index contributed by atoms with van der Waals surface area (Å²) in [5, 5.41) is 11.0. The highest BCUT2D eigenvalue weighted by Crippen LogP contribution is 2.29. The van der Waals surface area contributed by atoms with E-state index in [1.165, 1.54) is 6.42 Å². The summed E-state index contributed by atoms with van der Waals surface area (Å²) in [6, 6.07) is 4.80. The zero-order valence-electron chi connectivity index (χ0n) is 11.8. The highest BCUT2D eigenvalue weighted by molar-refractivity contribution is 5.96. The molecular formula is C15H19N3O3. The normalized spacial score (nSPS) is 18.4. The number of carboxylic acids is 1. The lowest BCUT2D eigenvalue weighted by Crippen LogP contribution is -2.50. The van der Waals surface area contributed by atoms with Gasteiger partial charge in [-0.2, -0.15) is 0 Å². The third kappa shape index (κ3) is 2.85. The van der Waals surface area contributed by atoms with Crippen LogP contribution in [0.25, 0.3) is 0 Å². The van der Waals surface area contributed by atoms with Crippen LogP contribution in [0.4, 0.5) is 10.5 Å². The van der Waals surface area contributed by atoms with Crippen molar-refractivity contribution in [2.75, 3.05) is 24.5 Å². The van der Waals surface area contributed by atoms with Gasteiger partial charge in [0.2, 0.25) is 0 Å². The molecule has 0 atom stereocenters. The number of hydrogen-bond acceptors (Lipinski definition) is 3. The number of piperidine rings is 1. The van der Waals surface area contributed by atoms with E-state index in [-0.39, 0.29) is 11.6 Å². The van der Waals surface area contributed by atoms with Gasteiger partial charge in [-0.05, 0) is 37.0 Å². The van der Waals surface area contributed by atoms with E-state index in [1.54, 1.807) is 23.1 Å². The fourth-order valence-electron chi connectivity index (χ4n) is 2.92. The van der Waals surface area contributed by atoms with Crippen molar-refractivity contribution in [3.8, 4) is 0 Å². The van der Waals surface area contributed by atoms with Gasteiger partial charge in [-0.15, -0.1) is 0 Å². The molecule has 1 aromatic carbocycles. The summed E-state index contributed by atoms with van der Waals surface area (Å²) in [5.74, 6) is -0.971. The number of rotatable bonds is 2. The molecule has 2 aliphatic rings. The molecule has 0 aliphatic carbocycles. The molecule has 112 valence electrons. The van der Waals surface area contributed by atoms with Crippen molar-refractivity contribution in [3.05, 3.63) is 29.3 Å². The van der Waals surface area contributed by atoms with E-state index < -0.39 is 5.97 Å². The first-order chi connectivity index (χ1) is 10.1. The molecule has 0 saturated carbocycles. The predicted molar refractivity (Wildman–Crippen MR) is 78.4 cm³/mol.